The maximum absolute atomic E-state index is 6.37. The minimum absolute atomic E-state index is 0.349. The molecule has 0 atom stereocenters. The van der Waals surface area contributed by atoms with Crippen molar-refractivity contribution < 1.29 is 9.31 Å². The van der Waals surface area contributed by atoms with Gasteiger partial charge in [0.05, 0.1) is 11.2 Å². The molecule has 168 valence electrons. The van der Waals surface area contributed by atoms with Crippen LogP contribution in [-0.4, -0.2) is 30.3 Å². The Kier molecular flexibility index (Phi) is 5.56. The molecule has 1 aliphatic heterocycles. The Morgan fingerprint density at radius 1 is 0.697 bits per heavy atom. The monoisotopic (exact) mass is 437 g/mol. The average molecular weight is 437 g/mol. The number of hydrogen-bond donors (Lipinski definition) is 0. The van der Waals surface area contributed by atoms with Crippen molar-refractivity contribution in [3.8, 4) is 0 Å². The van der Waals surface area contributed by atoms with Crippen molar-refractivity contribution in [3.63, 3.8) is 0 Å². The first kappa shape index (κ1) is 22.2. The van der Waals surface area contributed by atoms with Crippen LogP contribution in [-0.2, 0) is 22.4 Å². The lowest BCUT2D eigenvalue weighted by Gasteiger charge is -2.32. The van der Waals surface area contributed by atoms with Gasteiger partial charge < -0.3 is 9.31 Å². The van der Waals surface area contributed by atoms with E-state index in [4.69, 9.17) is 9.31 Å². The van der Waals surface area contributed by atoms with E-state index in [1.807, 2.05) is 0 Å². The van der Waals surface area contributed by atoms with E-state index in [1.54, 1.807) is 0 Å². The SMILES string of the molecule is CN(Cc1ccccc1B1OC(C)(C)C(C)(C)O1)Cc1c2ccccc2cc2ccccc12. The van der Waals surface area contributed by atoms with Gasteiger partial charge in [0.25, 0.3) is 0 Å². The van der Waals surface area contributed by atoms with Crippen molar-refractivity contribution in [2.45, 2.75) is 52.0 Å². The van der Waals surface area contributed by atoms with E-state index >= 15 is 0 Å². The molecule has 0 N–H and O–H groups in total. The summed E-state index contributed by atoms with van der Waals surface area (Å²) in [5.74, 6) is 0. The zero-order valence-corrected chi connectivity index (χ0v) is 20.3. The molecule has 0 bridgehead atoms. The molecule has 33 heavy (non-hydrogen) atoms. The first-order chi connectivity index (χ1) is 15.7. The van der Waals surface area contributed by atoms with Gasteiger partial charge >= 0.3 is 7.12 Å². The molecule has 5 rings (SSSR count). The lowest BCUT2D eigenvalue weighted by Crippen LogP contribution is -2.41. The topological polar surface area (TPSA) is 21.7 Å². The van der Waals surface area contributed by atoms with Gasteiger partial charge in [-0.25, -0.2) is 0 Å². The number of rotatable bonds is 5. The highest BCUT2D eigenvalue weighted by Gasteiger charge is 2.52. The molecule has 0 amide bonds. The summed E-state index contributed by atoms with van der Waals surface area (Å²) < 4.78 is 12.7. The van der Waals surface area contributed by atoms with Gasteiger partial charge in [0.1, 0.15) is 0 Å². The molecule has 4 aromatic rings. The van der Waals surface area contributed by atoms with Gasteiger partial charge in [-0.2, -0.15) is 0 Å². The fourth-order valence-electron chi connectivity index (χ4n) is 4.77. The smallest absolute Gasteiger partial charge is 0.399 e. The van der Waals surface area contributed by atoms with Gasteiger partial charge in [0.2, 0.25) is 0 Å². The summed E-state index contributed by atoms with van der Waals surface area (Å²) in [6, 6.07) is 28.2. The average Bonchev–Trinajstić information content (AvgIpc) is 3.00. The summed E-state index contributed by atoms with van der Waals surface area (Å²) in [6.07, 6.45) is 0. The van der Waals surface area contributed by atoms with Crippen LogP contribution in [0.15, 0.2) is 78.9 Å². The van der Waals surface area contributed by atoms with Crippen LogP contribution >= 0.6 is 0 Å². The summed E-state index contributed by atoms with van der Waals surface area (Å²) >= 11 is 0. The normalized spacial score (nSPS) is 17.3. The molecule has 0 unspecified atom stereocenters. The Morgan fingerprint density at radius 2 is 1.21 bits per heavy atom. The van der Waals surface area contributed by atoms with Gasteiger partial charge in [-0.15, -0.1) is 0 Å². The molecule has 0 spiro atoms. The largest absolute Gasteiger partial charge is 0.495 e. The van der Waals surface area contributed by atoms with E-state index in [9.17, 15) is 0 Å². The summed E-state index contributed by atoms with van der Waals surface area (Å²) in [6.45, 7) is 10.1. The minimum Gasteiger partial charge on any atom is -0.399 e. The van der Waals surface area contributed by atoms with E-state index in [1.165, 1.54) is 32.7 Å². The van der Waals surface area contributed by atoms with Gasteiger partial charge in [0, 0.05) is 13.1 Å². The highest BCUT2D eigenvalue weighted by Crippen LogP contribution is 2.37. The number of nitrogens with zero attached hydrogens (tertiary/aromatic N) is 1. The molecule has 1 aliphatic rings. The van der Waals surface area contributed by atoms with Crippen molar-refractivity contribution in [3.05, 3.63) is 90.0 Å². The van der Waals surface area contributed by atoms with Gasteiger partial charge in [-0.05, 0) is 78.9 Å². The molecule has 0 radical (unpaired) electrons. The Labute approximate surface area is 197 Å². The van der Waals surface area contributed by atoms with Crippen molar-refractivity contribution >= 4 is 34.1 Å². The maximum Gasteiger partial charge on any atom is 0.495 e. The Bertz CT molecular complexity index is 1240. The van der Waals surface area contributed by atoms with Crippen LogP contribution in [0.1, 0.15) is 38.8 Å². The first-order valence-electron chi connectivity index (χ1n) is 11.8. The van der Waals surface area contributed by atoms with Crippen molar-refractivity contribution in [1.82, 2.24) is 4.90 Å². The van der Waals surface area contributed by atoms with E-state index in [-0.39, 0.29) is 18.3 Å². The first-order valence-corrected chi connectivity index (χ1v) is 11.8. The second-order valence-electron chi connectivity index (χ2n) is 10.3. The van der Waals surface area contributed by atoms with Crippen LogP contribution in [0, 0.1) is 0 Å². The molecule has 4 heteroatoms. The van der Waals surface area contributed by atoms with Crippen molar-refractivity contribution in [2.75, 3.05) is 7.05 Å². The van der Waals surface area contributed by atoms with Crippen LogP contribution in [0.2, 0.25) is 0 Å². The molecule has 3 nitrogen and oxygen atoms in total. The summed E-state index contributed by atoms with van der Waals surface area (Å²) in [7, 11) is 1.84. The molecule has 0 aliphatic carbocycles. The molecule has 0 saturated carbocycles. The van der Waals surface area contributed by atoms with Gasteiger partial charge in [-0.1, -0.05) is 72.8 Å². The summed E-state index contributed by atoms with van der Waals surface area (Å²) in [4.78, 5) is 2.39. The predicted octanol–water partition coefficient (Wildman–Crippen LogP) is 5.92. The van der Waals surface area contributed by atoms with E-state index < -0.39 is 0 Å². The third kappa shape index (κ3) is 4.08. The van der Waals surface area contributed by atoms with Crippen LogP contribution in [0.4, 0.5) is 0 Å². The van der Waals surface area contributed by atoms with Gasteiger partial charge in [-0.3, -0.25) is 4.90 Å². The molecular formula is C29H32BNO2. The molecule has 1 saturated heterocycles. The lowest BCUT2D eigenvalue weighted by molar-refractivity contribution is 0.00578. The highest BCUT2D eigenvalue weighted by molar-refractivity contribution is 6.62. The quantitative estimate of drug-likeness (QED) is 0.286. The fraction of sp³-hybridized carbons (Fsp3) is 0.310. The summed E-state index contributed by atoms with van der Waals surface area (Å²) in [5, 5.41) is 5.22. The van der Waals surface area contributed by atoms with Crippen molar-refractivity contribution in [1.29, 1.82) is 0 Å². The fourth-order valence-corrected chi connectivity index (χ4v) is 4.77. The molecule has 1 fully saturated rings. The highest BCUT2D eigenvalue weighted by atomic mass is 16.7. The Balaban J connectivity index is 1.46. The molecule has 4 aromatic carbocycles. The molecule has 0 aromatic heterocycles. The zero-order valence-electron chi connectivity index (χ0n) is 20.3. The molecule has 1 heterocycles. The third-order valence-electron chi connectivity index (χ3n) is 7.31. The van der Waals surface area contributed by atoms with Gasteiger partial charge in [0.15, 0.2) is 0 Å². The number of benzene rings is 4. The van der Waals surface area contributed by atoms with E-state index in [2.05, 4.69) is 119 Å². The van der Waals surface area contributed by atoms with E-state index in [0.717, 1.165) is 18.6 Å². The predicted molar refractivity (Wildman–Crippen MR) is 139 cm³/mol. The van der Waals surface area contributed by atoms with Crippen LogP contribution in [0.3, 0.4) is 0 Å². The minimum atomic E-state index is -0.349. The van der Waals surface area contributed by atoms with Crippen LogP contribution in [0.5, 0.6) is 0 Å². The van der Waals surface area contributed by atoms with Crippen molar-refractivity contribution in [2.24, 2.45) is 0 Å². The van der Waals surface area contributed by atoms with Crippen LogP contribution in [0.25, 0.3) is 21.5 Å². The standard InChI is InChI=1S/C29H32BNO2/c1-28(2)29(3,4)33-30(32-28)27-17-11-8-14-23(27)19-31(5)20-26-24-15-9-6-12-21(24)18-22-13-7-10-16-25(22)26/h6-18H,19-20H2,1-5H3. The Morgan fingerprint density at radius 3 is 1.82 bits per heavy atom. The number of fused-ring (bicyclic) bond motifs is 2. The van der Waals surface area contributed by atoms with Crippen LogP contribution < -0.4 is 5.46 Å². The zero-order chi connectivity index (χ0) is 23.2. The lowest BCUT2D eigenvalue weighted by atomic mass is 9.76. The number of hydrogen-bond acceptors (Lipinski definition) is 3. The maximum atomic E-state index is 6.37. The Hall–Kier alpha value is -2.66. The van der Waals surface area contributed by atoms with E-state index in [0.29, 0.717) is 0 Å². The second-order valence-corrected chi connectivity index (χ2v) is 10.3. The summed E-state index contributed by atoms with van der Waals surface area (Å²) in [5.41, 5.74) is 3.03. The second kappa shape index (κ2) is 8.29. The third-order valence-corrected chi connectivity index (χ3v) is 7.31. The molecular weight excluding hydrogens is 405 g/mol.